The van der Waals surface area contributed by atoms with E-state index in [2.05, 4.69) is 19.8 Å². The Morgan fingerprint density at radius 1 is 0.976 bits per heavy atom. The molecule has 5 aromatic rings. The van der Waals surface area contributed by atoms with E-state index in [0.29, 0.717) is 28.6 Å². The van der Waals surface area contributed by atoms with Gasteiger partial charge in [0.1, 0.15) is 22.7 Å². The predicted octanol–water partition coefficient (Wildman–Crippen LogP) is 6.27. The Bertz CT molecular complexity index is 1660. The molecule has 0 amide bonds. The average molecular weight is 567 g/mol. The number of β-amino-alcohol motifs (C(OH)–C–C–N with tert-alkyl or cyclic N) is 1. The fourth-order valence-corrected chi connectivity index (χ4v) is 5.59. The van der Waals surface area contributed by atoms with E-state index >= 15 is 0 Å². The third kappa shape index (κ3) is 5.70. The summed E-state index contributed by atoms with van der Waals surface area (Å²) < 4.78 is 6.20. The zero-order valence-electron chi connectivity index (χ0n) is 22.8. The molecular weight excluding hydrogens is 536 g/mol. The van der Waals surface area contributed by atoms with Crippen LogP contribution in [0.15, 0.2) is 97.3 Å². The highest BCUT2D eigenvalue weighted by Gasteiger charge is 2.35. The molecule has 1 unspecified atom stereocenters. The van der Waals surface area contributed by atoms with Crippen LogP contribution in [0.2, 0.25) is 5.02 Å². The van der Waals surface area contributed by atoms with Gasteiger partial charge in [0.05, 0.1) is 11.8 Å². The van der Waals surface area contributed by atoms with Crippen molar-refractivity contribution in [2.45, 2.75) is 12.5 Å². The number of pyridine rings is 1. The maximum Gasteiger partial charge on any atom is 0.163 e. The number of Topliss-reactive ketones (excluding diaryl/α,β-unsaturated/α-hetero) is 1. The molecule has 1 aliphatic rings. The molecule has 2 aromatic heterocycles. The number of ketones is 1. The lowest BCUT2D eigenvalue weighted by atomic mass is 9.85. The molecule has 2 N–H and O–H groups in total. The number of benzene rings is 3. The summed E-state index contributed by atoms with van der Waals surface area (Å²) in [5, 5.41) is 13.6. The number of carbonyl (C=O) groups excluding carboxylic acids is 1. The lowest BCUT2D eigenvalue weighted by molar-refractivity contribution is 0.0337. The Labute approximate surface area is 244 Å². The summed E-state index contributed by atoms with van der Waals surface area (Å²) in [4.78, 5) is 24.4. The number of nitrogens with one attached hydrogen (secondary N) is 1. The minimum atomic E-state index is -1.17. The first-order chi connectivity index (χ1) is 19.9. The zero-order valence-corrected chi connectivity index (χ0v) is 23.5. The van der Waals surface area contributed by atoms with E-state index in [1.54, 1.807) is 13.1 Å². The third-order valence-electron chi connectivity index (χ3n) is 7.71. The van der Waals surface area contributed by atoms with Crippen LogP contribution in [0.3, 0.4) is 0 Å². The van der Waals surface area contributed by atoms with Crippen LogP contribution in [0.25, 0.3) is 11.0 Å². The molecule has 1 atom stereocenters. The predicted molar refractivity (Wildman–Crippen MR) is 162 cm³/mol. The Hall–Kier alpha value is -4.17. The summed E-state index contributed by atoms with van der Waals surface area (Å²) in [6, 6.07) is 26.8. The second kappa shape index (κ2) is 11.4. The largest absolute Gasteiger partial charge is 0.455 e. The topological polar surface area (TPSA) is 81.7 Å². The number of anilines is 1. The molecule has 1 saturated heterocycles. The highest BCUT2D eigenvalue weighted by Crippen LogP contribution is 2.34. The number of carbonyl (C=O) groups is 1. The molecular formula is C33H31ClN4O3. The van der Waals surface area contributed by atoms with Crippen LogP contribution in [0.4, 0.5) is 5.69 Å². The van der Waals surface area contributed by atoms with E-state index < -0.39 is 5.60 Å². The van der Waals surface area contributed by atoms with Crippen molar-refractivity contribution in [2.75, 3.05) is 37.6 Å². The zero-order chi connectivity index (χ0) is 28.4. The fourth-order valence-electron chi connectivity index (χ4n) is 5.46. The highest BCUT2D eigenvalue weighted by atomic mass is 35.5. The molecule has 7 nitrogen and oxygen atoms in total. The summed E-state index contributed by atoms with van der Waals surface area (Å²) >= 11 is 6.15. The number of rotatable bonds is 8. The van der Waals surface area contributed by atoms with Gasteiger partial charge in [-0.15, -0.1) is 0 Å². The Morgan fingerprint density at radius 3 is 2.44 bits per heavy atom. The fraction of sp³-hybridized carbons (Fsp3) is 0.212. The number of H-pyrrole nitrogens is 1. The molecule has 3 heterocycles. The van der Waals surface area contributed by atoms with Crippen molar-refractivity contribution >= 4 is 34.1 Å². The van der Waals surface area contributed by atoms with Crippen molar-refractivity contribution < 1.29 is 14.6 Å². The lowest BCUT2D eigenvalue weighted by Crippen LogP contribution is -2.51. The molecule has 1 fully saturated rings. The summed E-state index contributed by atoms with van der Waals surface area (Å²) in [6.45, 7) is 5.06. The van der Waals surface area contributed by atoms with Gasteiger partial charge in [0.25, 0.3) is 0 Å². The number of nitrogens with zero attached hydrogens (tertiary/aromatic N) is 3. The Kier molecular flexibility index (Phi) is 7.49. The highest BCUT2D eigenvalue weighted by molar-refractivity contribution is 6.30. The van der Waals surface area contributed by atoms with E-state index in [0.717, 1.165) is 54.0 Å². The van der Waals surface area contributed by atoms with Gasteiger partial charge in [-0.05, 0) is 54.4 Å². The van der Waals surface area contributed by atoms with Crippen molar-refractivity contribution in [1.82, 2.24) is 14.9 Å². The molecule has 0 spiro atoms. The molecule has 0 saturated carbocycles. The molecule has 6 rings (SSSR count). The molecule has 1 aliphatic heterocycles. The average Bonchev–Trinajstić information content (AvgIpc) is 3.46. The first kappa shape index (κ1) is 27.0. The minimum Gasteiger partial charge on any atom is -0.455 e. The third-order valence-corrected chi connectivity index (χ3v) is 7.96. The number of hydrogen-bond donors (Lipinski definition) is 2. The van der Waals surface area contributed by atoms with E-state index in [-0.39, 0.29) is 5.78 Å². The number of aromatic amines is 1. The monoisotopic (exact) mass is 566 g/mol. The van der Waals surface area contributed by atoms with Crippen LogP contribution in [-0.2, 0) is 5.60 Å². The van der Waals surface area contributed by atoms with Crippen LogP contribution in [0, 0.1) is 0 Å². The summed E-state index contributed by atoms with van der Waals surface area (Å²) in [5.74, 6) is 1.02. The maximum atomic E-state index is 12.4. The van der Waals surface area contributed by atoms with Crippen molar-refractivity contribution in [3.8, 4) is 11.5 Å². The smallest absolute Gasteiger partial charge is 0.163 e. The maximum absolute atomic E-state index is 12.4. The van der Waals surface area contributed by atoms with Crippen molar-refractivity contribution in [2.24, 2.45) is 0 Å². The SMILES string of the molecule is CC(=O)c1ccc(N2CCN(CC(O)(c3ccccc3)c3ccc(Cl)cc3)CC2)cc1Oc1cnc2[nH]ccc2c1. The van der Waals surface area contributed by atoms with Gasteiger partial charge in [-0.1, -0.05) is 54.1 Å². The minimum absolute atomic E-state index is 0.0607. The van der Waals surface area contributed by atoms with Gasteiger partial charge in [0.15, 0.2) is 5.78 Å². The van der Waals surface area contributed by atoms with Crippen LogP contribution < -0.4 is 9.64 Å². The van der Waals surface area contributed by atoms with E-state index in [9.17, 15) is 9.90 Å². The van der Waals surface area contributed by atoms with Crippen LogP contribution in [0.5, 0.6) is 11.5 Å². The van der Waals surface area contributed by atoms with E-state index in [4.69, 9.17) is 16.3 Å². The van der Waals surface area contributed by atoms with Gasteiger partial charge in [-0.2, -0.15) is 0 Å². The Morgan fingerprint density at radius 2 is 1.71 bits per heavy atom. The standard InChI is InChI=1S/C33H31ClN4O3/c1-23(39)30-12-11-28(20-31(30)41-29-19-24-13-14-35-32(24)36-21-29)38-17-15-37(16-18-38)22-33(40,25-5-3-2-4-6-25)26-7-9-27(34)10-8-26/h2-14,19-21,40H,15-18,22H2,1H3,(H,35,36). The number of fused-ring (bicyclic) bond motifs is 1. The molecule has 41 heavy (non-hydrogen) atoms. The van der Waals surface area contributed by atoms with Crippen LogP contribution >= 0.6 is 11.6 Å². The van der Waals surface area contributed by atoms with Gasteiger partial charge in [-0.3, -0.25) is 9.69 Å². The molecule has 0 radical (unpaired) electrons. The number of piperazine rings is 1. The number of aromatic nitrogens is 2. The van der Waals surface area contributed by atoms with E-state index in [1.807, 2.05) is 91.1 Å². The second-order valence-corrected chi connectivity index (χ2v) is 10.9. The van der Waals surface area contributed by atoms with Gasteiger partial charge in [0.2, 0.25) is 0 Å². The number of ether oxygens (including phenoxy) is 1. The molecule has 3 aromatic carbocycles. The van der Waals surface area contributed by atoms with Crippen molar-refractivity contribution in [3.05, 3.63) is 119 Å². The first-order valence-electron chi connectivity index (χ1n) is 13.7. The van der Waals surface area contributed by atoms with Crippen LogP contribution in [0.1, 0.15) is 28.4 Å². The summed E-state index contributed by atoms with van der Waals surface area (Å²) in [5.41, 5.74) is 2.77. The van der Waals surface area contributed by atoms with Gasteiger partial charge in [-0.25, -0.2) is 4.98 Å². The van der Waals surface area contributed by atoms with Gasteiger partial charge < -0.3 is 19.7 Å². The normalized spacial score (nSPS) is 15.5. The van der Waals surface area contributed by atoms with Gasteiger partial charge in [0, 0.05) is 61.1 Å². The molecule has 0 aliphatic carbocycles. The molecule has 0 bridgehead atoms. The lowest BCUT2D eigenvalue weighted by Gasteiger charge is -2.41. The second-order valence-electron chi connectivity index (χ2n) is 10.4. The summed E-state index contributed by atoms with van der Waals surface area (Å²) in [6.07, 6.45) is 3.49. The summed E-state index contributed by atoms with van der Waals surface area (Å²) in [7, 11) is 0. The number of halogens is 1. The number of aliphatic hydroxyl groups is 1. The molecule has 8 heteroatoms. The number of hydrogen-bond acceptors (Lipinski definition) is 6. The van der Waals surface area contributed by atoms with Gasteiger partial charge >= 0.3 is 0 Å². The van der Waals surface area contributed by atoms with E-state index in [1.165, 1.54) is 0 Å². The van der Waals surface area contributed by atoms with Crippen molar-refractivity contribution in [1.29, 1.82) is 0 Å². The quantitative estimate of drug-likeness (QED) is 0.215. The Balaban J connectivity index is 1.19. The molecule has 208 valence electrons. The first-order valence-corrected chi connectivity index (χ1v) is 14.0. The van der Waals surface area contributed by atoms with Crippen molar-refractivity contribution in [3.63, 3.8) is 0 Å². The van der Waals surface area contributed by atoms with Crippen LogP contribution in [-0.4, -0.2) is 58.5 Å².